The molecule has 0 aliphatic rings. The van der Waals surface area contributed by atoms with Gasteiger partial charge in [-0.1, -0.05) is 26.0 Å². The molecule has 3 N–H and O–H groups in total. The molecule has 6 nitrogen and oxygen atoms in total. The van der Waals surface area contributed by atoms with Crippen LogP contribution in [-0.2, 0) is 14.3 Å². The van der Waals surface area contributed by atoms with Gasteiger partial charge < -0.3 is 20.1 Å². The van der Waals surface area contributed by atoms with Crippen molar-refractivity contribution in [3.8, 4) is 0 Å². The summed E-state index contributed by atoms with van der Waals surface area (Å²) in [6.07, 6.45) is 2.80. The smallest absolute Gasteiger partial charge is 0.335 e. The monoisotopic (exact) mass is 274 g/mol. The quantitative estimate of drug-likeness (QED) is 0.345. The lowest BCUT2D eigenvalue weighted by molar-refractivity contribution is -0.137. The molecule has 0 aromatic carbocycles. The number of carboxylic acids is 1. The number of carbonyl (C=O) groups is 2. The van der Waals surface area contributed by atoms with Gasteiger partial charge in [0.15, 0.2) is 0 Å². The predicted molar refractivity (Wildman–Crippen MR) is 70.5 cm³/mol. The Morgan fingerprint density at radius 3 is 2.21 bits per heavy atom. The zero-order valence-corrected chi connectivity index (χ0v) is 11.2. The summed E-state index contributed by atoms with van der Waals surface area (Å²) in [5, 5.41) is 25.6. The Morgan fingerprint density at radius 1 is 1.32 bits per heavy atom. The first-order valence-corrected chi connectivity index (χ1v) is 5.82. The molecule has 19 heavy (non-hydrogen) atoms. The average molecular weight is 274 g/mol. The third-order valence-corrected chi connectivity index (χ3v) is 2.16. The summed E-state index contributed by atoms with van der Waals surface area (Å²) in [4.78, 5) is 20.2. The van der Waals surface area contributed by atoms with Crippen molar-refractivity contribution in [2.24, 2.45) is 0 Å². The number of carboxylic acid groups (broad SMARTS) is 1. The summed E-state index contributed by atoms with van der Waals surface area (Å²) in [6.45, 7) is 6.57. The molecule has 0 aromatic rings. The van der Waals surface area contributed by atoms with Crippen LogP contribution < -0.4 is 0 Å². The Morgan fingerprint density at radius 2 is 1.84 bits per heavy atom. The number of aliphatic carboxylic acids is 1. The van der Waals surface area contributed by atoms with Gasteiger partial charge in [-0.15, -0.1) is 0 Å². The van der Waals surface area contributed by atoms with E-state index >= 15 is 0 Å². The number of rotatable bonds is 8. The SMILES string of the molecule is C=C(C(=O)OC)C(O)CCCCCO.C=CC(=O)O. The third kappa shape index (κ3) is 12.6. The lowest BCUT2D eigenvalue weighted by Gasteiger charge is -2.11. The van der Waals surface area contributed by atoms with Crippen molar-refractivity contribution in [3.05, 3.63) is 24.8 Å². The van der Waals surface area contributed by atoms with Gasteiger partial charge in [0.1, 0.15) is 0 Å². The largest absolute Gasteiger partial charge is 0.478 e. The fourth-order valence-electron chi connectivity index (χ4n) is 1.07. The topological polar surface area (TPSA) is 104 Å². The molecular formula is C13H22O6. The van der Waals surface area contributed by atoms with E-state index in [-0.39, 0.29) is 12.2 Å². The van der Waals surface area contributed by atoms with Crippen LogP contribution in [0.5, 0.6) is 0 Å². The van der Waals surface area contributed by atoms with E-state index in [4.69, 9.17) is 10.2 Å². The molecular weight excluding hydrogens is 252 g/mol. The van der Waals surface area contributed by atoms with E-state index in [2.05, 4.69) is 17.9 Å². The lowest BCUT2D eigenvalue weighted by Crippen LogP contribution is -2.18. The van der Waals surface area contributed by atoms with Crippen LogP contribution >= 0.6 is 0 Å². The van der Waals surface area contributed by atoms with Crippen molar-refractivity contribution in [1.29, 1.82) is 0 Å². The van der Waals surface area contributed by atoms with Crippen LogP contribution in [0.2, 0.25) is 0 Å². The minimum Gasteiger partial charge on any atom is -0.478 e. The van der Waals surface area contributed by atoms with Crippen LogP contribution in [0.25, 0.3) is 0 Å². The number of hydrogen-bond donors (Lipinski definition) is 3. The summed E-state index contributed by atoms with van der Waals surface area (Å²) in [6, 6.07) is 0. The maximum absolute atomic E-state index is 10.9. The van der Waals surface area contributed by atoms with E-state index in [1.54, 1.807) is 0 Å². The molecule has 0 amide bonds. The van der Waals surface area contributed by atoms with E-state index in [0.717, 1.165) is 25.3 Å². The number of esters is 1. The van der Waals surface area contributed by atoms with Crippen molar-refractivity contribution < 1.29 is 29.6 Å². The van der Waals surface area contributed by atoms with Crippen LogP contribution in [0.4, 0.5) is 0 Å². The van der Waals surface area contributed by atoms with Gasteiger partial charge in [-0.05, 0) is 12.8 Å². The van der Waals surface area contributed by atoms with E-state index in [1.165, 1.54) is 7.11 Å². The van der Waals surface area contributed by atoms with Gasteiger partial charge in [0, 0.05) is 12.7 Å². The van der Waals surface area contributed by atoms with Crippen LogP contribution in [0.1, 0.15) is 25.7 Å². The van der Waals surface area contributed by atoms with Gasteiger partial charge >= 0.3 is 11.9 Å². The second-order valence-electron chi connectivity index (χ2n) is 3.65. The molecule has 0 rings (SSSR count). The number of ether oxygens (including phenoxy) is 1. The highest BCUT2D eigenvalue weighted by Gasteiger charge is 2.15. The number of carbonyl (C=O) groups excluding carboxylic acids is 1. The summed E-state index contributed by atoms with van der Waals surface area (Å²) in [5.41, 5.74) is 0.0940. The van der Waals surface area contributed by atoms with Gasteiger partial charge in [-0.25, -0.2) is 9.59 Å². The fraction of sp³-hybridized carbons (Fsp3) is 0.538. The zero-order chi connectivity index (χ0) is 15.3. The second-order valence-corrected chi connectivity index (χ2v) is 3.65. The molecule has 1 unspecified atom stereocenters. The standard InChI is InChI=1S/C10H18O4.C3H4O2/c1-8(10(13)14-2)9(12)6-4-3-5-7-11;1-2-3(4)5/h9,11-12H,1,3-7H2,2H3;2H,1H2,(H,4,5). The van der Waals surface area contributed by atoms with E-state index < -0.39 is 18.0 Å². The Kier molecular flexibility index (Phi) is 13.2. The molecule has 0 fully saturated rings. The maximum atomic E-state index is 10.9. The molecule has 0 heterocycles. The van der Waals surface area contributed by atoms with Crippen LogP contribution in [0, 0.1) is 0 Å². The Labute approximate surface area is 113 Å². The number of aliphatic hydroxyl groups is 2. The molecule has 0 aliphatic heterocycles. The van der Waals surface area contributed by atoms with Crippen LogP contribution in [-0.4, -0.2) is 47.1 Å². The van der Waals surface area contributed by atoms with Gasteiger partial charge in [-0.2, -0.15) is 0 Å². The lowest BCUT2D eigenvalue weighted by atomic mass is 10.0. The normalized spacial score (nSPS) is 10.7. The Balaban J connectivity index is 0. The molecule has 0 saturated carbocycles. The minimum absolute atomic E-state index is 0.0940. The van der Waals surface area contributed by atoms with E-state index in [0.29, 0.717) is 6.42 Å². The minimum atomic E-state index is -0.981. The van der Waals surface area contributed by atoms with Gasteiger partial charge in [0.25, 0.3) is 0 Å². The first-order valence-electron chi connectivity index (χ1n) is 5.82. The first kappa shape index (κ1) is 19.7. The average Bonchev–Trinajstić information content (AvgIpc) is 2.42. The van der Waals surface area contributed by atoms with Gasteiger partial charge in [0.05, 0.1) is 18.8 Å². The fourth-order valence-corrected chi connectivity index (χ4v) is 1.07. The van der Waals surface area contributed by atoms with E-state index in [1.807, 2.05) is 0 Å². The molecule has 110 valence electrons. The molecule has 0 bridgehead atoms. The van der Waals surface area contributed by atoms with E-state index in [9.17, 15) is 14.7 Å². The van der Waals surface area contributed by atoms with Crippen molar-refractivity contribution in [2.75, 3.05) is 13.7 Å². The second kappa shape index (κ2) is 12.8. The number of hydrogen-bond acceptors (Lipinski definition) is 5. The van der Waals surface area contributed by atoms with Crippen molar-refractivity contribution >= 4 is 11.9 Å². The Bertz CT molecular complexity index is 298. The molecule has 0 spiro atoms. The Hall–Kier alpha value is -1.66. The number of unbranched alkanes of at least 4 members (excludes halogenated alkanes) is 2. The molecule has 0 saturated heterocycles. The summed E-state index contributed by atoms with van der Waals surface area (Å²) in [5.74, 6) is -1.55. The molecule has 0 aliphatic carbocycles. The highest BCUT2D eigenvalue weighted by molar-refractivity contribution is 5.88. The summed E-state index contributed by atoms with van der Waals surface area (Å²) in [7, 11) is 1.26. The summed E-state index contributed by atoms with van der Waals surface area (Å²) < 4.78 is 4.42. The maximum Gasteiger partial charge on any atom is 0.335 e. The highest BCUT2D eigenvalue weighted by atomic mass is 16.5. The van der Waals surface area contributed by atoms with Gasteiger partial charge in [-0.3, -0.25) is 0 Å². The molecule has 0 aromatic heterocycles. The van der Waals surface area contributed by atoms with Crippen LogP contribution in [0.15, 0.2) is 24.8 Å². The first-order chi connectivity index (χ1) is 8.90. The predicted octanol–water partition coefficient (Wildman–Crippen LogP) is 0.886. The number of methoxy groups -OCH3 is 1. The van der Waals surface area contributed by atoms with Gasteiger partial charge in [0.2, 0.25) is 0 Å². The molecule has 0 radical (unpaired) electrons. The molecule has 1 atom stereocenters. The summed E-state index contributed by atoms with van der Waals surface area (Å²) >= 11 is 0. The zero-order valence-electron chi connectivity index (χ0n) is 11.2. The molecule has 6 heteroatoms. The number of aliphatic hydroxyl groups excluding tert-OH is 2. The van der Waals surface area contributed by atoms with Crippen LogP contribution in [0.3, 0.4) is 0 Å². The van der Waals surface area contributed by atoms with Crippen molar-refractivity contribution in [2.45, 2.75) is 31.8 Å². The van der Waals surface area contributed by atoms with Crippen molar-refractivity contribution in [3.63, 3.8) is 0 Å². The van der Waals surface area contributed by atoms with Crippen molar-refractivity contribution in [1.82, 2.24) is 0 Å². The third-order valence-electron chi connectivity index (χ3n) is 2.16. The highest BCUT2D eigenvalue weighted by Crippen LogP contribution is 2.10.